The fourth-order valence-corrected chi connectivity index (χ4v) is 10.2. The minimum absolute atomic E-state index is 0.0648. The predicted octanol–water partition coefficient (Wildman–Crippen LogP) is 7.43. The van der Waals surface area contributed by atoms with Crippen molar-refractivity contribution in [2.75, 3.05) is 0 Å². The Kier molecular flexibility index (Phi) is 9.43. The zero-order chi connectivity index (χ0) is 28.5. The van der Waals surface area contributed by atoms with Crippen LogP contribution in [0.25, 0.3) is 0 Å². The second-order valence-electron chi connectivity index (χ2n) is 14.7. The molecular weight excluding hydrogens is 492 g/mol. The van der Waals surface area contributed by atoms with E-state index in [1.165, 1.54) is 58.3 Å². The average Bonchev–Trinajstić information content (AvgIpc) is 3.20. The SMILES string of the molecule is CC(=O)O[C@@H]1C[C@@]2(C)[C@@H](CC[C@@H]3[C@@H]2CC[C@]2(C)[C@@H]([C@H](C)CCCC(C)C)CC[C@@H]32)C[C@H]1OC(=O)CCC(=O)O. The Morgan fingerprint density at radius 2 is 1.59 bits per heavy atom. The summed E-state index contributed by atoms with van der Waals surface area (Å²) in [7, 11) is 0. The number of aliphatic carboxylic acids is 1. The van der Waals surface area contributed by atoms with E-state index in [4.69, 9.17) is 14.6 Å². The highest BCUT2D eigenvalue weighted by Gasteiger charge is 2.62. The summed E-state index contributed by atoms with van der Waals surface area (Å²) in [5.41, 5.74) is 0.503. The number of esters is 2. The lowest BCUT2D eigenvalue weighted by Gasteiger charge is -2.62. The van der Waals surface area contributed by atoms with Crippen molar-refractivity contribution in [2.24, 2.45) is 52.3 Å². The lowest BCUT2D eigenvalue weighted by atomic mass is 9.44. The Labute approximate surface area is 236 Å². The first kappa shape index (κ1) is 30.4. The van der Waals surface area contributed by atoms with Crippen LogP contribution in [0.15, 0.2) is 0 Å². The Bertz CT molecular complexity index is 899. The van der Waals surface area contributed by atoms with Gasteiger partial charge in [-0.05, 0) is 104 Å². The molecule has 1 N–H and O–H groups in total. The Balaban J connectivity index is 1.47. The average molecular weight is 547 g/mol. The molecule has 0 aliphatic heterocycles. The van der Waals surface area contributed by atoms with E-state index in [9.17, 15) is 14.4 Å². The molecular formula is C33H54O6. The smallest absolute Gasteiger partial charge is 0.306 e. The number of hydrogen-bond acceptors (Lipinski definition) is 5. The molecule has 4 rings (SSSR count). The van der Waals surface area contributed by atoms with Gasteiger partial charge in [0.2, 0.25) is 0 Å². The summed E-state index contributed by atoms with van der Waals surface area (Å²) in [5.74, 6) is 3.10. The van der Waals surface area contributed by atoms with E-state index in [0.29, 0.717) is 23.7 Å². The van der Waals surface area contributed by atoms with Crippen molar-refractivity contribution in [3.63, 3.8) is 0 Å². The van der Waals surface area contributed by atoms with Crippen molar-refractivity contribution < 1.29 is 29.0 Å². The zero-order valence-corrected chi connectivity index (χ0v) is 25.4. The van der Waals surface area contributed by atoms with Crippen molar-refractivity contribution in [2.45, 2.75) is 137 Å². The number of carbonyl (C=O) groups excluding carboxylic acids is 2. The van der Waals surface area contributed by atoms with E-state index in [0.717, 1.165) is 42.4 Å². The monoisotopic (exact) mass is 546 g/mol. The maximum Gasteiger partial charge on any atom is 0.306 e. The van der Waals surface area contributed by atoms with Gasteiger partial charge in [0.05, 0.1) is 12.8 Å². The van der Waals surface area contributed by atoms with Gasteiger partial charge in [-0.15, -0.1) is 0 Å². The third kappa shape index (κ3) is 6.35. The molecule has 0 spiro atoms. The zero-order valence-electron chi connectivity index (χ0n) is 25.4. The Morgan fingerprint density at radius 1 is 0.872 bits per heavy atom. The summed E-state index contributed by atoms with van der Waals surface area (Å²) in [5, 5.41) is 8.95. The molecule has 4 aliphatic rings. The number of carbonyl (C=O) groups is 3. The summed E-state index contributed by atoms with van der Waals surface area (Å²) < 4.78 is 11.6. The first-order valence-electron chi connectivity index (χ1n) is 15.9. The van der Waals surface area contributed by atoms with Gasteiger partial charge in [0.15, 0.2) is 0 Å². The number of ether oxygens (including phenoxy) is 2. The van der Waals surface area contributed by atoms with Crippen LogP contribution in [-0.4, -0.2) is 35.2 Å². The van der Waals surface area contributed by atoms with E-state index >= 15 is 0 Å². The van der Waals surface area contributed by atoms with Crippen LogP contribution in [0, 0.1) is 52.3 Å². The standard InChI is InChI=1S/C33H54O6/c1-20(2)8-7-9-21(3)25-12-13-26-24-11-10-23-18-28(39-31(37)15-14-30(35)36)29(38-22(4)34)19-33(23,6)27(24)16-17-32(25,26)5/h20-21,23-29H,7-19H2,1-6H3,(H,35,36)/t21-,23+,24+,25-,26+,27+,28-,29-,32-,33+/m1/s1. The lowest BCUT2D eigenvalue weighted by molar-refractivity contribution is -0.196. The summed E-state index contributed by atoms with van der Waals surface area (Å²) in [4.78, 5) is 35.4. The molecule has 6 nitrogen and oxygen atoms in total. The maximum atomic E-state index is 12.4. The largest absolute Gasteiger partial charge is 0.481 e. The third-order valence-corrected chi connectivity index (χ3v) is 12.0. The van der Waals surface area contributed by atoms with E-state index in [1.54, 1.807) is 0 Å². The van der Waals surface area contributed by atoms with E-state index in [2.05, 4.69) is 34.6 Å². The fraction of sp³-hybridized carbons (Fsp3) is 0.909. The molecule has 0 aromatic heterocycles. The summed E-state index contributed by atoms with van der Waals surface area (Å²) in [6.07, 6.45) is 11.8. The number of carboxylic acids is 1. The quantitative estimate of drug-likeness (QED) is 0.287. The number of hydrogen-bond donors (Lipinski definition) is 1. The van der Waals surface area contributed by atoms with Gasteiger partial charge in [0.25, 0.3) is 0 Å². The molecule has 222 valence electrons. The second-order valence-corrected chi connectivity index (χ2v) is 14.7. The Morgan fingerprint density at radius 3 is 2.26 bits per heavy atom. The van der Waals surface area contributed by atoms with Crippen LogP contribution in [0.3, 0.4) is 0 Å². The molecule has 0 aromatic carbocycles. The molecule has 0 amide bonds. The first-order chi connectivity index (χ1) is 18.3. The van der Waals surface area contributed by atoms with E-state index in [1.807, 2.05) is 0 Å². The summed E-state index contributed by atoms with van der Waals surface area (Å²) >= 11 is 0. The van der Waals surface area contributed by atoms with E-state index in [-0.39, 0.29) is 24.2 Å². The molecule has 39 heavy (non-hydrogen) atoms. The molecule has 10 atom stereocenters. The second kappa shape index (κ2) is 12.1. The molecule has 6 heteroatoms. The summed E-state index contributed by atoms with van der Waals surface area (Å²) in [6, 6.07) is 0. The highest BCUT2D eigenvalue weighted by Crippen LogP contribution is 2.68. The molecule has 0 saturated heterocycles. The van der Waals surface area contributed by atoms with Crippen molar-refractivity contribution in [1.29, 1.82) is 0 Å². The van der Waals surface area contributed by atoms with Crippen LogP contribution < -0.4 is 0 Å². The molecule has 0 aromatic rings. The van der Waals surface area contributed by atoms with E-state index < -0.39 is 24.1 Å². The van der Waals surface area contributed by atoms with Gasteiger partial charge < -0.3 is 14.6 Å². The van der Waals surface area contributed by atoms with Crippen LogP contribution in [0.1, 0.15) is 125 Å². The number of fused-ring (bicyclic) bond motifs is 5. The lowest BCUT2D eigenvalue weighted by Crippen LogP contribution is -2.57. The molecule has 0 heterocycles. The van der Waals surface area contributed by atoms with Gasteiger partial charge in [-0.25, -0.2) is 0 Å². The van der Waals surface area contributed by atoms with Crippen LogP contribution >= 0.6 is 0 Å². The van der Waals surface area contributed by atoms with Gasteiger partial charge in [0.1, 0.15) is 12.2 Å². The molecule has 4 fully saturated rings. The van der Waals surface area contributed by atoms with Gasteiger partial charge in [0, 0.05) is 6.92 Å². The van der Waals surface area contributed by atoms with Crippen molar-refractivity contribution >= 4 is 17.9 Å². The van der Waals surface area contributed by atoms with Crippen LogP contribution in [0.5, 0.6) is 0 Å². The number of carboxylic acid groups (broad SMARTS) is 1. The van der Waals surface area contributed by atoms with Crippen LogP contribution in [0.4, 0.5) is 0 Å². The molecule has 0 radical (unpaired) electrons. The minimum atomic E-state index is -1.01. The van der Waals surface area contributed by atoms with Gasteiger partial charge >= 0.3 is 17.9 Å². The topological polar surface area (TPSA) is 89.9 Å². The number of rotatable bonds is 10. The highest BCUT2D eigenvalue weighted by atomic mass is 16.6. The summed E-state index contributed by atoms with van der Waals surface area (Å²) in [6.45, 7) is 13.7. The highest BCUT2D eigenvalue weighted by molar-refractivity contribution is 5.76. The van der Waals surface area contributed by atoms with Crippen LogP contribution in [-0.2, 0) is 23.9 Å². The maximum absolute atomic E-state index is 12.4. The fourth-order valence-electron chi connectivity index (χ4n) is 10.2. The van der Waals surface area contributed by atoms with Gasteiger partial charge in [-0.3, -0.25) is 14.4 Å². The van der Waals surface area contributed by atoms with Crippen molar-refractivity contribution in [3.8, 4) is 0 Å². The molecule has 4 saturated carbocycles. The third-order valence-electron chi connectivity index (χ3n) is 12.0. The minimum Gasteiger partial charge on any atom is -0.481 e. The first-order valence-corrected chi connectivity index (χ1v) is 15.9. The normalized spacial score (nSPS) is 40.2. The van der Waals surface area contributed by atoms with Crippen molar-refractivity contribution in [1.82, 2.24) is 0 Å². The molecule has 0 unspecified atom stereocenters. The van der Waals surface area contributed by atoms with Crippen molar-refractivity contribution in [3.05, 3.63) is 0 Å². The Hall–Kier alpha value is -1.59. The predicted molar refractivity (Wildman–Crippen MR) is 151 cm³/mol. The van der Waals surface area contributed by atoms with Crippen LogP contribution in [0.2, 0.25) is 0 Å². The van der Waals surface area contributed by atoms with Gasteiger partial charge in [-0.2, -0.15) is 0 Å². The molecule has 4 aliphatic carbocycles. The van der Waals surface area contributed by atoms with Gasteiger partial charge in [-0.1, -0.05) is 53.9 Å². The molecule has 0 bridgehead atoms.